The number of alkyl carbamates (subject to hydrolysis) is 1. The normalized spacial score (nSPS) is 21.0. The molecule has 628 valence electrons. The second kappa shape index (κ2) is 45.0. The molecule has 25 N–H and O–H groups in total. The number of hydrogen-bond acceptors (Lipinski definition) is 26. The number of amides is 14. The quantitative estimate of drug-likeness (QED) is 0.00998. The number of carboxylic acids is 4. The first-order valence-electron chi connectivity index (χ1n) is 35.5. The summed E-state index contributed by atoms with van der Waals surface area (Å²) in [5.41, 5.74) is 19.0. The van der Waals surface area contributed by atoms with E-state index >= 15 is 0 Å². The van der Waals surface area contributed by atoms with E-state index in [0.717, 1.165) is 20.8 Å². The number of benzene rings is 3. The Balaban J connectivity index is 1.61. The van der Waals surface area contributed by atoms with Crippen molar-refractivity contribution < 1.29 is 136 Å². The highest BCUT2D eigenvalue weighted by Crippen LogP contribution is 2.25. The largest absolute Gasteiger partial charge is 0.497 e. The van der Waals surface area contributed by atoms with Gasteiger partial charge in [-0.25, -0.2) is 9.59 Å². The molecule has 1 aliphatic heterocycles. The number of fused-ring (bicyclic) bond motifs is 1. The van der Waals surface area contributed by atoms with Crippen LogP contribution in [0, 0.1) is 5.92 Å². The maximum atomic E-state index is 14.8. The lowest BCUT2D eigenvalue weighted by molar-refractivity contribution is -0.156. The van der Waals surface area contributed by atoms with Gasteiger partial charge in [0.05, 0.1) is 65.0 Å². The van der Waals surface area contributed by atoms with E-state index in [2.05, 4.69) is 52.8 Å². The summed E-state index contributed by atoms with van der Waals surface area (Å²) in [5.74, 6) is -29.2. The number of rotatable bonds is 30. The van der Waals surface area contributed by atoms with Crippen LogP contribution in [0.4, 0.5) is 10.5 Å². The molecule has 1 aromatic heterocycles. The number of Topliss-reactive ketones (excluding diaryl/α,β-unsaturated/α-hetero) is 1. The maximum absolute atomic E-state index is 14.8. The molecule has 3 aromatic carbocycles. The third-order valence-corrected chi connectivity index (χ3v) is 17.3. The third kappa shape index (κ3) is 30.0. The Hall–Kier alpha value is -13.9. The Morgan fingerprint density at radius 1 is 0.603 bits per heavy atom. The molecule has 1 aliphatic rings. The van der Waals surface area contributed by atoms with Crippen molar-refractivity contribution in [2.24, 2.45) is 17.4 Å². The molecule has 13 atom stereocenters. The predicted octanol–water partition coefficient (Wildman–Crippen LogP) is -6.94. The zero-order valence-corrected chi connectivity index (χ0v) is 62.8. The van der Waals surface area contributed by atoms with Gasteiger partial charge in [0.1, 0.15) is 78.9 Å². The lowest BCUT2D eigenvalue weighted by Crippen LogP contribution is -2.61. The zero-order chi connectivity index (χ0) is 86.2. The number of nitrogens with two attached hydrogens (primary N) is 3. The lowest BCUT2D eigenvalue weighted by atomic mass is 9.96. The number of esters is 1. The fourth-order valence-corrected chi connectivity index (χ4v) is 11.2. The predicted molar refractivity (Wildman–Crippen MR) is 396 cm³/mol. The molecule has 2 heterocycles. The van der Waals surface area contributed by atoms with Crippen LogP contribution in [0.25, 0.3) is 10.9 Å². The number of cyclic esters (lactones) is 1. The van der Waals surface area contributed by atoms with Gasteiger partial charge in [0.2, 0.25) is 76.8 Å². The molecular weight excluding hydrogens is 1540 g/mol. The van der Waals surface area contributed by atoms with Crippen molar-refractivity contribution in [1.82, 2.24) is 74.1 Å². The Labute approximate surface area is 658 Å². The number of para-hydroxylation sites is 1. The van der Waals surface area contributed by atoms with Crippen LogP contribution in [0.1, 0.15) is 93.6 Å². The second-order valence-electron chi connectivity index (χ2n) is 26.4. The highest BCUT2D eigenvalue weighted by molar-refractivity contribution is 6.05. The second-order valence-corrected chi connectivity index (χ2v) is 26.4. The van der Waals surface area contributed by atoms with E-state index in [-0.39, 0.29) is 37.2 Å². The molecule has 14 amide bonds. The molecule has 0 aliphatic carbocycles. The Morgan fingerprint density at radius 3 is 1.78 bits per heavy atom. The summed E-state index contributed by atoms with van der Waals surface area (Å²) in [6.07, 6.45) is -9.75. The number of H-pyrrole nitrogens is 1. The Morgan fingerprint density at radius 2 is 1.17 bits per heavy atom. The van der Waals surface area contributed by atoms with E-state index in [1.165, 1.54) is 37.6 Å². The van der Waals surface area contributed by atoms with Crippen molar-refractivity contribution in [3.05, 3.63) is 95.7 Å². The van der Waals surface area contributed by atoms with Crippen LogP contribution in [0.3, 0.4) is 0 Å². The fourth-order valence-electron chi connectivity index (χ4n) is 11.2. The first kappa shape index (κ1) is 92.7. The van der Waals surface area contributed by atoms with Gasteiger partial charge in [-0.1, -0.05) is 49.4 Å². The summed E-state index contributed by atoms with van der Waals surface area (Å²) < 4.78 is 16.2. The highest BCUT2D eigenvalue weighted by atomic mass is 16.6. The molecule has 1 saturated heterocycles. The lowest BCUT2D eigenvalue weighted by Gasteiger charge is -2.30. The summed E-state index contributed by atoms with van der Waals surface area (Å²) in [4.78, 5) is 275. The smallest absolute Gasteiger partial charge is 0.407 e. The van der Waals surface area contributed by atoms with Gasteiger partial charge in [0.15, 0.2) is 5.78 Å². The highest BCUT2D eigenvalue weighted by Gasteiger charge is 2.41. The number of aliphatic hydroxyl groups excluding tert-OH is 1. The van der Waals surface area contributed by atoms with E-state index in [4.69, 9.17) is 31.4 Å². The van der Waals surface area contributed by atoms with Crippen LogP contribution in [0.5, 0.6) is 5.75 Å². The first-order valence-corrected chi connectivity index (χ1v) is 35.5. The van der Waals surface area contributed by atoms with Crippen LogP contribution in [0.2, 0.25) is 0 Å². The third-order valence-electron chi connectivity index (χ3n) is 17.3. The van der Waals surface area contributed by atoms with Gasteiger partial charge in [0, 0.05) is 41.3 Å². The minimum absolute atomic E-state index is 0.200. The van der Waals surface area contributed by atoms with E-state index in [0.29, 0.717) is 27.8 Å². The van der Waals surface area contributed by atoms with Gasteiger partial charge in [-0.05, 0) is 80.5 Å². The van der Waals surface area contributed by atoms with Gasteiger partial charge in [-0.2, -0.15) is 0 Å². The van der Waals surface area contributed by atoms with Crippen molar-refractivity contribution >= 4 is 135 Å². The van der Waals surface area contributed by atoms with Crippen LogP contribution in [0.15, 0.2) is 79.0 Å². The van der Waals surface area contributed by atoms with Crippen molar-refractivity contribution in [2.75, 3.05) is 39.1 Å². The van der Waals surface area contributed by atoms with Crippen LogP contribution in [-0.4, -0.2) is 255 Å². The summed E-state index contributed by atoms with van der Waals surface area (Å²) in [6.45, 7) is -1.44. The van der Waals surface area contributed by atoms with Crippen molar-refractivity contribution in [3.63, 3.8) is 0 Å². The van der Waals surface area contributed by atoms with Crippen LogP contribution >= 0.6 is 0 Å². The number of nitrogen functional groups attached to an aromatic ring is 1. The molecule has 0 radical (unpaired) electrons. The van der Waals surface area contributed by atoms with E-state index in [1.54, 1.807) is 48.5 Å². The zero-order valence-electron chi connectivity index (χ0n) is 62.8. The summed E-state index contributed by atoms with van der Waals surface area (Å²) in [7, 11) is 1.41. The molecule has 5 rings (SSSR count). The average molecular weight is 1630 g/mol. The van der Waals surface area contributed by atoms with Gasteiger partial charge in [0.25, 0.3) is 0 Å². The molecule has 0 bridgehead atoms. The standard InChI is InChI=1S/C71H91N17O28/c1-32(19-54(94)95)58-69(111)86-48(22-50(90)38-13-8-9-14-40(38)72)70(112)116-34(3)59(88-66(108)47(26-57(100)101)85-65(107)44(23-51(74)91)83-61(103)41(73)20-36-27-76-42-17-16-37(114-4)21-39(36)42)68(110)78-29-52(92)80-43(15-10-18-75-71(113)115-31-35-11-6-5-7-12-35)63(105)84-46(25-56(98)99)64(106)79-33(2)60(102)82-45(24-55(96)97)62(104)77-28-53(93)81-49(30-89)67(109)87-58/h5-9,11-14,16-17,21,27,32-34,41,43-49,58-59,76,89H,10,15,18-20,22-26,28-31,72-73H2,1-4H3,(H2,74,91)(H,75,113)(H,77,104)(H,78,110)(H,79,106)(H,80,92)(H,81,93)(H,82,102)(H,83,103)(H,84,105)(H,85,107)(H,86,111)(H,87,109)(H,88,108)(H,94,95)(H,96,97)(H,98,99)(H,100,101)/t32-,33-,34-,41+,43+,44-,45+,46+,47+,48+,49-,58+,59+/m1/s1. The van der Waals surface area contributed by atoms with Gasteiger partial charge in [-0.3, -0.25) is 86.3 Å². The molecule has 116 heavy (non-hydrogen) atoms. The number of carbonyl (C=O) groups is 20. The summed E-state index contributed by atoms with van der Waals surface area (Å²) in [6, 6.07) is -4.53. The monoisotopic (exact) mass is 1630 g/mol. The number of carboxylic acid groups (broad SMARTS) is 4. The Kier molecular flexibility index (Phi) is 36.0. The molecule has 45 nitrogen and oxygen atoms in total. The number of aromatic nitrogens is 1. The number of carbonyl (C=O) groups excluding carboxylic acids is 16. The van der Waals surface area contributed by atoms with E-state index in [1.807, 2.05) is 21.3 Å². The minimum Gasteiger partial charge on any atom is -0.497 e. The number of ether oxygens (including phenoxy) is 3. The number of methoxy groups -OCH3 is 1. The molecule has 1 fully saturated rings. The Bertz CT molecular complexity index is 4330. The summed E-state index contributed by atoms with van der Waals surface area (Å²) in [5, 5.41) is 78.2. The topological polar surface area (TPSA) is 720 Å². The molecule has 45 heteroatoms. The van der Waals surface area contributed by atoms with Crippen LogP contribution < -0.4 is 91.1 Å². The molecule has 0 unspecified atom stereocenters. The van der Waals surface area contributed by atoms with Crippen LogP contribution in [-0.2, 0) is 109 Å². The summed E-state index contributed by atoms with van der Waals surface area (Å²) >= 11 is 0. The van der Waals surface area contributed by atoms with Crippen molar-refractivity contribution in [1.29, 1.82) is 0 Å². The SMILES string of the molecule is COc1ccc2[nH]cc(C[C@H](N)C(=O)N[C@H](CC(N)=O)C(=O)N[C@@H](CC(=O)O)C(=O)N[C@@H]3C(=O)NCC(=O)N[C@@H](CCCNC(=O)OCc4ccccc4)C(=O)N[C@@H](CC(=O)O)C(=O)N[C@H](C)C(=O)N[C@@H](CC(=O)O)C(=O)NCC(=O)N[C@H](CO)C(=O)N[C@@H]([C@H](C)CC(=O)O)C(=O)N[C@@H](CC(=O)c4ccccc4N)C(=O)O[C@@H]3C)c2c1. The minimum atomic E-state index is -2.48. The van der Waals surface area contributed by atoms with Gasteiger partial charge < -0.3 is 131 Å². The number of aliphatic hydroxyl groups is 1. The molecule has 0 saturated carbocycles. The molecule has 0 spiro atoms. The number of primary amides is 1. The van der Waals surface area contributed by atoms with Crippen molar-refractivity contribution in [2.45, 2.75) is 158 Å². The number of nitrogens with one attached hydrogen (secondary N) is 14. The van der Waals surface area contributed by atoms with Gasteiger partial charge in [-0.15, -0.1) is 0 Å². The number of aromatic amines is 1. The molecule has 4 aromatic rings. The fraction of sp³-hybridized carbons (Fsp3) is 0.437. The number of hydrogen-bond donors (Lipinski definition) is 22. The average Bonchev–Trinajstić information content (AvgIpc) is 1.65. The van der Waals surface area contributed by atoms with E-state index < -0.39 is 262 Å². The number of ketones is 1. The number of anilines is 1. The van der Waals surface area contributed by atoms with Gasteiger partial charge >= 0.3 is 35.9 Å². The van der Waals surface area contributed by atoms with Crippen molar-refractivity contribution in [3.8, 4) is 5.75 Å². The van der Waals surface area contributed by atoms with E-state index in [9.17, 15) is 121 Å². The number of aliphatic carboxylic acids is 4. The first-order chi connectivity index (χ1) is 54.8. The molecular formula is C71H91N17O28. The maximum Gasteiger partial charge on any atom is 0.407 e.